The monoisotopic (exact) mass is 456 g/mol. The Morgan fingerprint density at radius 3 is 2.59 bits per heavy atom. The van der Waals surface area contributed by atoms with E-state index in [-0.39, 0.29) is 46.0 Å². The normalized spacial score (nSPS) is 16.8. The maximum absolute atomic E-state index is 12.2. The van der Waals surface area contributed by atoms with Gasteiger partial charge in [-0.15, -0.1) is 5.10 Å². The number of nitrogens with one attached hydrogen (secondary N) is 2. The lowest BCUT2D eigenvalue weighted by Gasteiger charge is -2.11. The second kappa shape index (κ2) is 10.4. The number of benzene rings is 2. The van der Waals surface area contributed by atoms with Gasteiger partial charge in [-0.1, -0.05) is 30.0 Å². The summed E-state index contributed by atoms with van der Waals surface area (Å²) in [7, 11) is 2.74. The molecule has 2 aromatic rings. The Morgan fingerprint density at radius 2 is 1.94 bits per heavy atom. The van der Waals surface area contributed by atoms with Crippen molar-refractivity contribution in [3.05, 3.63) is 53.6 Å². The number of carboxylic acids is 1. The van der Waals surface area contributed by atoms with Crippen molar-refractivity contribution >= 4 is 46.6 Å². The molecule has 32 heavy (non-hydrogen) atoms. The number of methoxy groups -OCH3 is 2. The standard InChI is InChI=1S/C21H20N4O6S/c1-30-14-9-8-12(17(20(28)29)18(14)31-2)11-22-25-21-24-19(27)15(32-21)10-16(26)23-13-6-4-3-5-7-13/h3-9,11,15H,10H2,1-2H3,(H,23,26)(H,28,29)(H,24,25,27)/t15-/m1/s1. The molecule has 1 saturated heterocycles. The fourth-order valence-electron chi connectivity index (χ4n) is 2.90. The Hall–Kier alpha value is -3.86. The molecule has 1 aliphatic rings. The molecule has 0 unspecified atom stereocenters. The molecule has 10 nitrogen and oxygen atoms in total. The lowest BCUT2D eigenvalue weighted by atomic mass is 10.1. The molecule has 2 aromatic carbocycles. The Kier molecular flexibility index (Phi) is 7.45. The van der Waals surface area contributed by atoms with E-state index in [2.05, 4.69) is 20.8 Å². The Bertz CT molecular complexity index is 1090. The summed E-state index contributed by atoms with van der Waals surface area (Å²) >= 11 is 1.07. The first-order valence-electron chi connectivity index (χ1n) is 9.34. The third kappa shape index (κ3) is 5.43. The SMILES string of the molecule is COc1ccc(C=NN=C2NC(=O)[C@@H](CC(=O)Nc3ccccc3)S2)c(C(=O)O)c1OC. The molecule has 0 radical (unpaired) electrons. The minimum Gasteiger partial charge on any atom is -0.493 e. The fourth-order valence-corrected chi connectivity index (χ4v) is 3.83. The van der Waals surface area contributed by atoms with Gasteiger partial charge in [0.2, 0.25) is 11.8 Å². The van der Waals surface area contributed by atoms with Crippen LogP contribution in [0.2, 0.25) is 0 Å². The molecule has 0 aliphatic carbocycles. The van der Waals surface area contributed by atoms with Gasteiger partial charge in [0.15, 0.2) is 16.7 Å². The Balaban J connectivity index is 1.68. The van der Waals surface area contributed by atoms with Crippen LogP contribution < -0.4 is 20.1 Å². The molecule has 1 atom stereocenters. The zero-order chi connectivity index (χ0) is 23.1. The van der Waals surface area contributed by atoms with Gasteiger partial charge in [0, 0.05) is 17.7 Å². The van der Waals surface area contributed by atoms with Gasteiger partial charge in [0.25, 0.3) is 0 Å². The molecular weight excluding hydrogens is 436 g/mol. The van der Waals surface area contributed by atoms with Crippen LogP contribution in [0.5, 0.6) is 11.5 Å². The lowest BCUT2D eigenvalue weighted by molar-refractivity contribution is -0.122. The number of aromatic carboxylic acids is 1. The number of ether oxygens (including phenoxy) is 2. The van der Waals surface area contributed by atoms with Crippen LogP contribution in [-0.4, -0.2) is 53.7 Å². The minimum atomic E-state index is -1.22. The quantitative estimate of drug-likeness (QED) is 0.409. The van der Waals surface area contributed by atoms with Crippen molar-refractivity contribution in [2.24, 2.45) is 10.2 Å². The van der Waals surface area contributed by atoms with Gasteiger partial charge < -0.3 is 25.2 Å². The van der Waals surface area contributed by atoms with Crippen molar-refractivity contribution in [3.63, 3.8) is 0 Å². The molecule has 1 heterocycles. The van der Waals surface area contributed by atoms with Gasteiger partial charge in [-0.3, -0.25) is 9.59 Å². The summed E-state index contributed by atoms with van der Waals surface area (Å²) in [4.78, 5) is 36.0. The van der Waals surface area contributed by atoms with E-state index in [4.69, 9.17) is 9.47 Å². The molecule has 0 bridgehead atoms. The van der Waals surface area contributed by atoms with Gasteiger partial charge in [-0.2, -0.15) is 5.10 Å². The van der Waals surface area contributed by atoms with Crippen LogP contribution in [0, 0.1) is 0 Å². The maximum Gasteiger partial charge on any atom is 0.340 e. The van der Waals surface area contributed by atoms with Gasteiger partial charge >= 0.3 is 5.97 Å². The number of thioether (sulfide) groups is 1. The number of hydrogen-bond donors (Lipinski definition) is 3. The van der Waals surface area contributed by atoms with E-state index in [1.54, 1.807) is 30.3 Å². The summed E-state index contributed by atoms with van der Waals surface area (Å²) in [6, 6.07) is 12.0. The van der Waals surface area contributed by atoms with Crippen molar-refractivity contribution in [2.75, 3.05) is 19.5 Å². The highest BCUT2D eigenvalue weighted by Crippen LogP contribution is 2.33. The van der Waals surface area contributed by atoms with Crippen LogP contribution in [0.15, 0.2) is 52.7 Å². The van der Waals surface area contributed by atoms with E-state index in [1.807, 2.05) is 6.07 Å². The van der Waals surface area contributed by atoms with Gasteiger partial charge in [0.05, 0.1) is 20.4 Å². The largest absolute Gasteiger partial charge is 0.493 e. The van der Waals surface area contributed by atoms with Crippen molar-refractivity contribution in [1.82, 2.24) is 5.32 Å². The molecule has 11 heteroatoms. The first kappa shape index (κ1) is 22.8. The predicted octanol–water partition coefficient (Wildman–Crippen LogP) is 2.35. The third-order valence-electron chi connectivity index (χ3n) is 4.34. The van der Waals surface area contributed by atoms with E-state index in [1.165, 1.54) is 26.5 Å². The van der Waals surface area contributed by atoms with E-state index in [0.717, 1.165) is 11.8 Å². The molecule has 2 amide bonds. The highest BCUT2D eigenvalue weighted by atomic mass is 32.2. The molecule has 1 aliphatic heterocycles. The van der Waals surface area contributed by atoms with Crippen molar-refractivity contribution in [3.8, 4) is 11.5 Å². The highest BCUT2D eigenvalue weighted by Gasteiger charge is 2.32. The molecule has 1 fully saturated rings. The number of carbonyl (C=O) groups excluding carboxylic acids is 2. The number of amidine groups is 1. The first-order chi connectivity index (χ1) is 15.4. The van der Waals surface area contributed by atoms with E-state index in [0.29, 0.717) is 5.69 Å². The maximum atomic E-state index is 12.2. The average molecular weight is 456 g/mol. The molecule has 0 aromatic heterocycles. The van der Waals surface area contributed by atoms with Gasteiger partial charge in [0.1, 0.15) is 10.8 Å². The summed E-state index contributed by atoms with van der Waals surface area (Å²) in [5, 5.41) is 22.2. The van der Waals surface area contributed by atoms with Crippen LogP contribution in [0.3, 0.4) is 0 Å². The van der Waals surface area contributed by atoms with Crippen molar-refractivity contribution in [1.29, 1.82) is 0 Å². The van der Waals surface area contributed by atoms with Crippen LogP contribution >= 0.6 is 11.8 Å². The van der Waals surface area contributed by atoms with Crippen LogP contribution in [0.25, 0.3) is 0 Å². The van der Waals surface area contributed by atoms with Crippen LogP contribution in [-0.2, 0) is 9.59 Å². The molecule has 0 spiro atoms. The van der Waals surface area contributed by atoms with Crippen LogP contribution in [0.4, 0.5) is 5.69 Å². The molecule has 0 saturated carbocycles. The highest BCUT2D eigenvalue weighted by molar-refractivity contribution is 8.15. The average Bonchev–Trinajstić information content (AvgIpc) is 3.12. The summed E-state index contributed by atoms with van der Waals surface area (Å²) in [6.07, 6.45) is 1.20. The minimum absolute atomic E-state index is 0.0348. The number of amides is 2. The number of carboxylic acid groups (broad SMARTS) is 1. The summed E-state index contributed by atoms with van der Waals surface area (Å²) in [5.41, 5.74) is 0.755. The first-order valence-corrected chi connectivity index (χ1v) is 10.2. The number of hydrogen-bond acceptors (Lipinski definition) is 8. The topological polar surface area (TPSA) is 139 Å². The van der Waals surface area contributed by atoms with Crippen LogP contribution in [0.1, 0.15) is 22.3 Å². The van der Waals surface area contributed by atoms with Gasteiger partial charge in [-0.25, -0.2) is 4.79 Å². The number of anilines is 1. The second-order valence-corrected chi connectivity index (χ2v) is 7.63. The third-order valence-corrected chi connectivity index (χ3v) is 5.41. The molecule has 166 valence electrons. The molecular formula is C21H20N4O6S. The summed E-state index contributed by atoms with van der Waals surface area (Å²) in [6.45, 7) is 0. The number of rotatable bonds is 8. The lowest BCUT2D eigenvalue weighted by Crippen LogP contribution is -2.28. The predicted molar refractivity (Wildman–Crippen MR) is 121 cm³/mol. The Labute approximate surface area is 187 Å². The zero-order valence-corrected chi connectivity index (χ0v) is 18.0. The number of nitrogens with zero attached hydrogens (tertiary/aromatic N) is 2. The fraction of sp³-hybridized carbons (Fsp3) is 0.190. The van der Waals surface area contributed by atoms with E-state index in [9.17, 15) is 19.5 Å². The second-order valence-electron chi connectivity index (χ2n) is 6.43. The molecule has 3 rings (SSSR count). The van der Waals surface area contributed by atoms with E-state index >= 15 is 0 Å². The van der Waals surface area contributed by atoms with Crippen molar-refractivity contribution in [2.45, 2.75) is 11.7 Å². The Morgan fingerprint density at radius 1 is 1.19 bits per heavy atom. The smallest absolute Gasteiger partial charge is 0.340 e. The summed E-state index contributed by atoms with van der Waals surface area (Å²) < 4.78 is 10.3. The van der Waals surface area contributed by atoms with Gasteiger partial charge in [-0.05, 0) is 24.3 Å². The number of carbonyl (C=O) groups is 3. The van der Waals surface area contributed by atoms with Crippen molar-refractivity contribution < 1.29 is 29.0 Å². The molecule has 3 N–H and O–H groups in total. The zero-order valence-electron chi connectivity index (χ0n) is 17.2. The summed E-state index contributed by atoms with van der Waals surface area (Å²) in [5.74, 6) is -1.55. The number of para-hydroxylation sites is 1. The van der Waals surface area contributed by atoms with E-state index < -0.39 is 11.2 Å².